The summed E-state index contributed by atoms with van der Waals surface area (Å²) in [5, 5.41) is 0. The Morgan fingerprint density at radius 3 is 2.89 bits per heavy atom. The van der Waals surface area contributed by atoms with Crippen molar-refractivity contribution in [1.82, 2.24) is 14.4 Å². The number of imidazole rings is 1. The predicted octanol–water partition coefficient (Wildman–Crippen LogP) is 1.69. The molecule has 0 radical (unpaired) electrons. The fourth-order valence-electron chi connectivity index (χ4n) is 1.53. The molecule has 0 aromatic carbocycles. The molecule has 0 spiro atoms. The summed E-state index contributed by atoms with van der Waals surface area (Å²) in [6.07, 6.45) is 3.01. The summed E-state index contributed by atoms with van der Waals surface area (Å²) in [5.41, 5.74) is 0.958. The summed E-state index contributed by atoms with van der Waals surface area (Å²) < 4.78 is 12.0. The molecule has 0 fully saturated rings. The van der Waals surface area contributed by atoms with Crippen LogP contribution in [0.15, 0.2) is 18.6 Å². The van der Waals surface area contributed by atoms with E-state index in [1.807, 2.05) is 13.8 Å². The Morgan fingerprint density at radius 2 is 2.22 bits per heavy atom. The number of fused-ring (bicyclic) bond motifs is 1. The number of esters is 1. The van der Waals surface area contributed by atoms with Gasteiger partial charge >= 0.3 is 5.97 Å². The number of hydrogen-bond acceptors (Lipinski definition) is 5. The quantitative estimate of drug-likeness (QED) is 0.771. The molecule has 0 bridgehead atoms. The molecular formula is C12H15N3O3. The predicted molar refractivity (Wildman–Crippen MR) is 64.7 cm³/mol. The Morgan fingerprint density at radius 1 is 1.44 bits per heavy atom. The standard InChI is InChI=1S/C12H15N3O3/c1-4-17-12(16)9-6-13-10-5-11(18-8(2)3)14-7-15(9)10/h5-8H,4H2,1-3H3. The first-order valence-corrected chi connectivity index (χ1v) is 5.78. The molecule has 0 atom stereocenters. The van der Waals surface area contributed by atoms with Gasteiger partial charge in [-0.2, -0.15) is 0 Å². The first kappa shape index (κ1) is 12.3. The van der Waals surface area contributed by atoms with Crippen molar-refractivity contribution in [3.63, 3.8) is 0 Å². The van der Waals surface area contributed by atoms with Crippen LogP contribution >= 0.6 is 0 Å². The number of nitrogens with zero attached hydrogens (tertiary/aromatic N) is 3. The second-order valence-electron chi connectivity index (χ2n) is 3.99. The normalized spacial score (nSPS) is 10.9. The Hall–Kier alpha value is -2.11. The molecule has 0 saturated heterocycles. The van der Waals surface area contributed by atoms with Gasteiger partial charge < -0.3 is 9.47 Å². The molecule has 2 rings (SSSR count). The van der Waals surface area contributed by atoms with E-state index in [1.165, 1.54) is 12.5 Å². The summed E-state index contributed by atoms with van der Waals surface area (Å²) in [7, 11) is 0. The fourth-order valence-corrected chi connectivity index (χ4v) is 1.53. The van der Waals surface area contributed by atoms with E-state index in [0.29, 0.717) is 23.8 Å². The van der Waals surface area contributed by atoms with Crippen LogP contribution in [0.1, 0.15) is 31.3 Å². The molecule has 0 aliphatic rings. The minimum atomic E-state index is -0.413. The molecule has 0 amide bonds. The fraction of sp³-hybridized carbons (Fsp3) is 0.417. The Kier molecular flexibility index (Phi) is 3.45. The number of aromatic nitrogens is 3. The number of carbonyl (C=O) groups excluding carboxylic acids is 1. The molecule has 0 N–H and O–H groups in total. The molecule has 6 heteroatoms. The van der Waals surface area contributed by atoms with Crippen LogP contribution in [0.4, 0.5) is 0 Å². The van der Waals surface area contributed by atoms with Gasteiger partial charge in [-0.15, -0.1) is 0 Å². The van der Waals surface area contributed by atoms with E-state index in [0.717, 1.165) is 0 Å². The van der Waals surface area contributed by atoms with Crippen molar-refractivity contribution in [2.24, 2.45) is 0 Å². The van der Waals surface area contributed by atoms with Crippen LogP contribution in [0, 0.1) is 0 Å². The molecule has 0 aliphatic carbocycles. The third-order valence-corrected chi connectivity index (χ3v) is 2.22. The van der Waals surface area contributed by atoms with Gasteiger partial charge in [0.05, 0.1) is 18.9 Å². The highest BCUT2D eigenvalue weighted by Crippen LogP contribution is 2.14. The van der Waals surface area contributed by atoms with E-state index in [4.69, 9.17) is 9.47 Å². The lowest BCUT2D eigenvalue weighted by atomic mass is 10.4. The average molecular weight is 249 g/mol. The maximum Gasteiger partial charge on any atom is 0.357 e. The molecule has 2 aromatic rings. The molecule has 18 heavy (non-hydrogen) atoms. The zero-order valence-corrected chi connectivity index (χ0v) is 10.6. The summed E-state index contributed by atoms with van der Waals surface area (Å²) in [4.78, 5) is 19.9. The van der Waals surface area contributed by atoms with Crippen LogP contribution in [0.3, 0.4) is 0 Å². The SMILES string of the molecule is CCOC(=O)c1cnc2cc(OC(C)C)ncn12. The number of carbonyl (C=O) groups is 1. The zero-order valence-electron chi connectivity index (χ0n) is 10.6. The molecule has 96 valence electrons. The van der Waals surface area contributed by atoms with Crippen molar-refractivity contribution in [1.29, 1.82) is 0 Å². The molecular weight excluding hydrogens is 234 g/mol. The van der Waals surface area contributed by atoms with E-state index < -0.39 is 5.97 Å². The summed E-state index contributed by atoms with van der Waals surface area (Å²) in [5.74, 6) is 0.0721. The zero-order chi connectivity index (χ0) is 13.1. The van der Waals surface area contributed by atoms with Crippen LogP contribution in [-0.2, 0) is 4.74 Å². The highest BCUT2D eigenvalue weighted by Gasteiger charge is 2.14. The molecule has 6 nitrogen and oxygen atoms in total. The van der Waals surface area contributed by atoms with Crippen LogP contribution < -0.4 is 4.74 Å². The maximum absolute atomic E-state index is 11.6. The van der Waals surface area contributed by atoms with Crippen molar-refractivity contribution < 1.29 is 14.3 Å². The van der Waals surface area contributed by atoms with Gasteiger partial charge in [-0.25, -0.2) is 14.8 Å². The second kappa shape index (κ2) is 5.03. The monoisotopic (exact) mass is 249 g/mol. The molecule has 0 saturated carbocycles. The van der Waals surface area contributed by atoms with Crippen molar-refractivity contribution in [3.05, 3.63) is 24.3 Å². The topological polar surface area (TPSA) is 65.7 Å². The first-order chi connectivity index (χ1) is 8.61. The van der Waals surface area contributed by atoms with Gasteiger partial charge in [0.1, 0.15) is 12.0 Å². The lowest BCUT2D eigenvalue weighted by Crippen LogP contribution is -2.10. The van der Waals surface area contributed by atoms with E-state index in [2.05, 4.69) is 9.97 Å². The maximum atomic E-state index is 11.6. The van der Waals surface area contributed by atoms with Crippen LogP contribution in [0.2, 0.25) is 0 Å². The van der Waals surface area contributed by atoms with Crippen molar-refractivity contribution in [3.8, 4) is 5.88 Å². The van der Waals surface area contributed by atoms with Gasteiger partial charge in [0, 0.05) is 6.07 Å². The summed E-state index contributed by atoms with van der Waals surface area (Å²) >= 11 is 0. The average Bonchev–Trinajstić information content (AvgIpc) is 2.71. The smallest absolute Gasteiger partial charge is 0.357 e. The number of ether oxygens (including phenoxy) is 2. The number of rotatable bonds is 4. The minimum Gasteiger partial charge on any atom is -0.475 e. The Labute approximate surface area is 105 Å². The van der Waals surface area contributed by atoms with Crippen molar-refractivity contribution in [2.45, 2.75) is 26.9 Å². The van der Waals surface area contributed by atoms with Crippen LogP contribution in [0.5, 0.6) is 5.88 Å². The Balaban J connectivity index is 2.34. The van der Waals surface area contributed by atoms with E-state index in [9.17, 15) is 4.79 Å². The van der Waals surface area contributed by atoms with E-state index >= 15 is 0 Å². The van der Waals surface area contributed by atoms with E-state index in [1.54, 1.807) is 17.4 Å². The van der Waals surface area contributed by atoms with Crippen LogP contribution in [-0.4, -0.2) is 33.0 Å². The van der Waals surface area contributed by atoms with Crippen LogP contribution in [0.25, 0.3) is 5.65 Å². The van der Waals surface area contributed by atoms with Crippen molar-refractivity contribution in [2.75, 3.05) is 6.61 Å². The second-order valence-corrected chi connectivity index (χ2v) is 3.99. The van der Waals surface area contributed by atoms with Gasteiger partial charge in [-0.1, -0.05) is 0 Å². The molecule has 2 heterocycles. The van der Waals surface area contributed by atoms with Gasteiger partial charge in [0.2, 0.25) is 5.88 Å². The molecule has 0 aliphatic heterocycles. The third kappa shape index (κ3) is 2.42. The van der Waals surface area contributed by atoms with Gasteiger partial charge in [-0.05, 0) is 20.8 Å². The van der Waals surface area contributed by atoms with Crippen molar-refractivity contribution >= 4 is 11.6 Å². The summed E-state index contributed by atoms with van der Waals surface area (Å²) in [6, 6.07) is 1.68. The lowest BCUT2D eigenvalue weighted by molar-refractivity contribution is 0.0518. The molecule has 2 aromatic heterocycles. The van der Waals surface area contributed by atoms with Gasteiger partial charge in [0.25, 0.3) is 0 Å². The Bertz CT molecular complexity index is 563. The third-order valence-electron chi connectivity index (χ3n) is 2.22. The molecule has 0 unspecified atom stereocenters. The minimum absolute atomic E-state index is 0.0411. The number of hydrogen-bond donors (Lipinski definition) is 0. The van der Waals surface area contributed by atoms with E-state index in [-0.39, 0.29) is 6.10 Å². The first-order valence-electron chi connectivity index (χ1n) is 5.78. The lowest BCUT2D eigenvalue weighted by Gasteiger charge is -2.08. The highest BCUT2D eigenvalue weighted by atomic mass is 16.5. The van der Waals surface area contributed by atoms with Gasteiger partial charge in [-0.3, -0.25) is 4.40 Å². The summed E-state index contributed by atoms with van der Waals surface area (Å²) in [6.45, 7) is 5.92. The highest BCUT2D eigenvalue weighted by molar-refractivity contribution is 5.88. The largest absolute Gasteiger partial charge is 0.475 e. The van der Waals surface area contributed by atoms with Gasteiger partial charge in [0.15, 0.2) is 5.69 Å².